The molecule has 5 nitrogen and oxygen atoms in total. The molecule has 4 N–H and O–H groups in total. The molecule has 0 aromatic heterocycles. The highest BCUT2D eigenvalue weighted by Gasteiger charge is 2.12. The number of hydrogen-bond donors (Lipinski definition) is 3. The molecule has 0 bridgehead atoms. The first kappa shape index (κ1) is 17.2. The number of carbonyl (C=O) groups excluding carboxylic acids is 2. The quantitative estimate of drug-likeness (QED) is 0.683. The number of anilines is 1. The van der Waals surface area contributed by atoms with Crippen LogP contribution in [0.1, 0.15) is 38.7 Å². The summed E-state index contributed by atoms with van der Waals surface area (Å²) >= 11 is 0. The number of benzene rings is 1. The van der Waals surface area contributed by atoms with Gasteiger partial charge >= 0.3 is 0 Å². The minimum Gasteiger partial charge on any atom is -0.356 e. The Labute approximate surface area is 126 Å². The number of unbranched alkanes of at least 4 members (excludes halogenated alkanes) is 1. The van der Waals surface area contributed by atoms with E-state index in [2.05, 4.69) is 17.6 Å². The molecule has 2 amide bonds. The van der Waals surface area contributed by atoms with Crippen molar-refractivity contribution in [2.75, 3.05) is 11.9 Å². The van der Waals surface area contributed by atoms with Crippen molar-refractivity contribution in [3.8, 4) is 0 Å². The Bertz CT molecular complexity index is 457. The molecule has 0 unspecified atom stereocenters. The number of likely N-dealkylation sites (N-methyl/N-ethyl adjacent to an activating group) is 1. The molecule has 1 rings (SSSR count). The summed E-state index contributed by atoms with van der Waals surface area (Å²) in [5.74, 6) is -0.171. The summed E-state index contributed by atoms with van der Waals surface area (Å²) in [5.41, 5.74) is 7.43. The fourth-order valence-corrected chi connectivity index (χ4v) is 1.94. The van der Waals surface area contributed by atoms with Crippen LogP contribution in [0.4, 0.5) is 5.69 Å². The monoisotopic (exact) mass is 291 g/mol. The largest absolute Gasteiger partial charge is 0.356 e. The van der Waals surface area contributed by atoms with E-state index in [0.717, 1.165) is 18.4 Å². The second-order valence-electron chi connectivity index (χ2n) is 5.07. The summed E-state index contributed by atoms with van der Waals surface area (Å²) < 4.78 is 0. The van der Waals surface area contributed by atoms with Gasteiger partial charge in [-0.15, -0.1) is 0 Å². The van der Waals surface area contributed by atoms with Crippen LogP contribution in [0.2, 0.25) is 0 Å². The van der Waals surface area contributed by atoms with Crippen molar-refractivity contribution in [2.24, 2.45) is 5.73 Å². The zero-order chi connectivity index (χ0) is 15.7. The molecular weight excluding hydrogens is 266 g/mol. The minimum absolute atomic E-state index is 0.00382. The molecule has 1 aromatic rings. The molecule has 0 spiro atoms. The lowest BCUT2D eigenvalue weighted by atomic mass is 10.1. The molecule has 0 saturated heterocycles. The van der Waals surface area contributed by atoms with Gasteiger partial charge in [0.1, 0.15) is 0 Å². The molecule has 0 aliphatic carbocycles. The van der Waals surface area contributed by atoms with Gasteiger partial charge in [-0.3, -0.25) is 9.59 Å². The van der Waals surface area contributed by atoms with Crippen molar-refractivity contribution >= 4 is 17.5 Å². The Morgan fingerprint density at radius 2 is 1.86 bits per heavy atom. The van der Waals surface area contributed by atoms with E-state index in [9.17, 15) is 9.59 Å². The molecule has 0 radical (unpaired) electrons. The van der Waals surface area contributed by atoms with Gasteiger partial charge in [-0.05, 0) is 31.0 Å². The number of nitrogens with one attached hydrogen (secondary N) is 2. The summed E-state index contributed by atoms with van der Waals surface area (Å²) in [6.45, 7) is 4.58. The van der Waals surface area contributed by atoms with Crippen LogP contribution in [0.25, 0.3) is 0 Å². The Hall–Kier alpha value is -1.88. The summed E-state index contributed by atoms with van der Waals surface area (Å²) in [4.78, 5) is 23.3. The zero-order valence-electron chi connectivity index (χ0n) is 12.8. The van der Waals surface area contributed by atoms with Crippen LogP contribution in [0, 0.1) is 0 Å². The molecule has 0 fully saturated rings. The van der Waals surface area contributed by atoms with Gasteiger partial charge in [0.05, 0.1) is 12.5 Å². The molecule has 0 saturated carbocycles. The highest BCUT2D eigenvalue weighted by molar-refractivity contribution is 5.94. The Morgan fingerprint density at radius 1 is 1.19 bits per heavy atom. The third kappa shape index (κ3) is 6.40. The van der Waals surface area contributed by atoms with Gasteiger partial charge in [0.15, 0.2) is 0 Å². The Morgan fingerprint density at radius 3 is 2.43 bits per heavy atom. The van der Waals surface area contributed by atoms with Crippen molar-refractivity contribution in [3.05, 3.63) is 29.8 Å². The smallest absolute Gasteiger partial charge is 0.241 e. The Kier molecular flexibility index (Phi) is 7.46. The lowest BCUT2D eigenvalue weighted by Gasteiger charge is -2.12. The lowest BCUT2D eigenvalue weighted by Crippen LogP contribution is -2.35. The van der Waals surface area contributed by atoms with Gasteiger partial charge in [0.2, 0.25) is 11.8 Å². The van der Waals surface area contributed by atoms with Crippen LogP contribution in [0.3, 0.4) is 0 Å². The van der Waals surface area contributed by atoms with E-state index in [4.69, 9.17) is 5.73 Å². The number of carbonyl (C=O) groups is 2. The zero-order valence-corrected chi connectivity index (χ0v) is 12.8. The van der Waals surface area contributed by atoms with Crippen LogP contribution in [0.15, 0.2) is 24.3 Å². The van der Waals surface area contributed by atoms with Crippen LogP contribution >= 0.6 is 0 Å². The maximum Gasteiger partial charge on any atom is 0.241 e. The molecule has 21 heavy (non-hydrogen) atoms. The van der Waals surface area contributed by atoms with E-state index in [-0.39, 0.29) is 11.8 Å². The SMILES string of the molecule is CCCC[C@H](N)C(=O)Nc1ccc(CC(=O)NCC)cc1. The highest BCUT2D eigenvalue weighted by atomic mass is 16.2. The van der Waals surface area contributed by atoms with E-state index < -0.39 is 6.04 Å². The van der Waals surface area contributed by atoms with Crippen molar-refractivity contribution in [3.63, 3.8) is 0 Å². The summed E-state index contributed by atoms with van der Waals surface area (Å²) in [6, 6.07) is 6.78. The second kappa shape index (κ2) is 9.13. The molecule has 0 heterocycles. The lowest BCUT2D eigenvalue weighted by molar-refractivity contribution is -0.120. The average molecular weight is 291 g/mol. The van der Waals surface area contributed by atoms with Gasteiger partial charge in [-0.25, -0.2) is 0 Å². The molecule has 0 aliphatic rings. The molecule has 0 aliphatic heterocycles. The first-order valence-corrected chi connectivity index (χ1v) is 7.48. The highest BCUT2D eigenvalue weighted by Crippen LogP contribution is 2.11. The maximum atomic E-state index is 11.9. The van der Waals surface area contributed by atoms with Crippen LogP contribution in [-0.2, 0) is 16.0 Å². The molecule has 5 heteroatoms. The second-order valence-corrected chi connectivity index (χ2v) is 5.07. The number of nitrogens with two attached hydrogens (primary N) is 1. The first-order chi connectivity index (χ1) is 10.1. The molecule has 1 aromatic carbocycles. The predicted octanol–water partition coefficient (Wildman–Crippen LogP) is 1.82. The third-order valence-corrected chi connectivity index (χ3v) is 3.17. The van der Waals surface area contributed by atoms with E-state index in [1.54, 1.807) is 12.1 Å². The average Bonchev–Trinajstić information content (AvgIpc) is 2.47. The standard InChI is InChI=1S/C16H25N3O2/c1-3-5-6-14(17)16(21)19-13-9-7-12(8-10-13)11-15(20)18-4-2/h7-10,14H,3-6,11,17H2,1-2H3,(H,18,20)(H,19,21)/t14-/m0/s1. The summed E-state index contributed by atoms with van der Waals surface area (Å²) in [5, 5.41) is 5.54. The van der Waals surface area contributed by atoms with E-state index >= 15 is 0 Å². The van der Waals surface area contributed by atoms with Crippen LogP contribution in [0.5, 0.6) is 0 Å². The van der Waals surface area contributed by atoms with Gasteiger partial charge in [0, 0.05) is 12.2 Å². The van der Waals surface area contributed by atoms with Crippen LogP contribution < -0.4 is 16.4 Å². The van der Waals surface area contributed by atoms with Crippen LogP contribution in [-0.4, -0.2) is 24.4 Å². The maximum absolute atomic E-state index is 11.9. The normalized spacial score (nSPS) is 11.8. The molecule has 1 atom stereocenters. The first-order valence-electron chi connectivity index (χ1n) is 7.48. The number of amides is 2. The third-order valence-electron chi connectivity index (χ3n) is 3.17. The summed E-state index contributed by atoms with van der Waals surface area (Å²) in [7, 11) is 0. The minimum atomic E-state index is -0.472. The predicted molar refractivity (Wildman–Crippen MR) is 85.0 cm³/mol. The van der Waals surface area contributed by atoms with Gasteiger partial charge < -0.3 is 16.4 Å². The van der Waals surface area contributed by atoms with Gasteiger partial charge in [-0.1, -0.05) is 31.9 Å². The van der Waals surface area contributed by atoms with E-state index in [1.807, 2.05) is 19.1 Å². The molecule has 116 valence electrons. The van der Waals surface area contributed by atoms with Crippen molar-refractivity contribution in [1.29, 1.82) is 0 Å². The molecular formula is C16H25N3O2. The van der Waals surface area contributed by atoms with E-state index in [1.165, 1.54) is 0 Å². The number of hydrogen-bond acceptors (Lipinski definition) is 3. The topological polar surface area (TPSA) is 84.2 Å². The van der Waals surface area contributed by atoms with Gasteiger partial charge in [0.25, 0.3) is 0 Å². The Balaban J connectivity index is 2.50. The van der Waals surface area contributed by atoms with E-state index in [0.29, 0.717) is 25.1 Å². The fraction of sp³-hybridized carbons (Fsp3) is 0.500. The van der Waals surface area contributed by atoms with Crippen molar-refractivity contribution in [1.82, 2.24) is 5.32 Å². The van der Waals surface area contributed by atoms with Crippen molar-refractivity contribution in [2.45, 2.75) is 45.6 Å². The van der Waals surface area contributed by atoms with Crippen molar-refractivity contribution < 1.29 is 9.59 Å². The summed E-state index contributed by atoms with van der Waals surface area (Å²) in [6.07, 6.45) is 3.01. The van der Waals surface area contributed by atoms with Gasteiger partial charge in [-0.2, -0.15) is 0 Å². The fourth-order valence-electron chi connectivity index (χ4n) is 1.94. The number of rotatable bonds is 8.